The molecule has 1 aliphatic rings. The number of hydrogen-bond donors (Lipinski definition) is 0. The average molecular weight is 345 g/mol. The molecule has 1 aromatic carbocycles. The zero-order valence-electron chi connectivity index (χ0n) is 15.0. The molecule has 134 valence electrons. The third-order valence-electron chi connectivity index (χ3n) is 3.88. The fraction of sp³-hybridized carbons (Fsp3) is 0.500. The zero-order chi connectivity index (χ0) is 18.0. The van der Waals surface area contributed by atoms with Crippen LogP contribution in [-0.4, -0.2) is 52.9 Å². The van der Waals surface area contributed by atoms with E-state index in [2.05, 4.69) is 9.97 Å². The first-order chi connectivity index (χ1) is 11.9. The fourth-order valence-electron chi connectivity index (χ4n) is 2.71. The average Bonchev–Trinajstić information content (AvgIpc) is 3.02. The number of ether oxygens (including phenoxy) is 3. The molecule has 1 fully saturated rings. The molecule has 0 saturated carbocycles. The molecule has 3 rings (SSSR count). The Morgan fingerprint density at radius 3 is 2.80 bits per heavy atom. The van der Waals surface area contributed by atoms with Crippen molar-refractivity contribution in [2.24, 2.45) is 0 Å². The predicted octanol–water partition coefficient (Wildman–Crippen LogP) is 3.03. The molecule has 0 aliphatic carbocycles. The molecule has 1 aliphatic heterocycles. The molecule has 1 unspecified atom stereocenters. The van der Waals surface area contributed by atoms with Crippen molar-refractivity contribution in [3.05, 3.63) is 24.5 Å². The Bertz CT molecular complexity index is 772. The van der Waals surface area contributed by atoms with E-state index in [0.717, 1.165) is 17.3 Å². The lowest BCUT2D eigenvalue weighted by atomic mass is 10.2. The molecule has 7 nitrogen and oxygen atoms in total. The minimum atomic E-state index is -0.505. The van der Waals surface area contributed by atoms with Gasteiger partial charge in [0, 0.05) is 13.0 Å². The van der Waals surface area contributed by atoms with Crippen molar-refractivity contribution in [2.45, 2.75) is 38.9 Å². The van der Waals surface area contributed by atoms with Crippen molar-refractivity contribution in [3.63, 3.8) is 0 Å². The number of fused-ring (bicyclic) bond motifs is 1. The maximum atomic E-state index is 12.2. The van der Waals surface area contributed by atoms with Crippen molar-refractivity contribution < 1.29 is 19.0 Å². The minimum absolute atomic E-state index is 0.128. The molecule has 2 heterocycles. The number of rotatable bonds is 3. The van der Waals surface area contributed by atoms with Gasteiger partial charge in [-0.2, -0.15) is 0 Å². The van der Waals surface area contributed by atoms with Gasteiger partial charge in [0.25, 0.3) is 0 Å². The van der Waals surface area contributed by atoms with Crippen molar-refractivity contribution in [1.29, 1.82) is 0 Å². The number of hydrogen-bond acceptors (Lipinski definition) is 6. The van der Waals surface area contributed by atoms with Gasteiger partial charge in [-0.1, -0.05) is 0 Å². The molecular formula is C18H23N3O4. The molecule has 0 bridgehead atoms. The smallest absolute Gasteiger partial charge is 0.410 e. The first-order valence-corrected chi connectivity index (χ1v) is 8.29. The summed E-state index contributed by atoms with van der Waals surface area (Å²) in [6, 6.07) is 5.56. The number of likely N-dealkylation sites (tertiary alicyclic amines) is 1. The second-order valence-corrected chi connectivity index (χ2v) is 7.02. The van der Waals surface area contributed by atoms with E-state index in [9.17, 15) is 4.79 Å². The van der Waals surface area contributed by atoms with E-state index in [4.69, 9.17) is 14.2 Å². The first-order valence-electron chi connectivity index (χ1n) is 8.29. The SMILES string of the molecule is COc1ccc2ncnc(OC3CCN(C(=O)OC(C)(C)C)C3)c2c1. The van der Waals surface area contributed by atoms with E-state index in [1.54, 1.807) is 12.0 Å². The molecule has 1 saturated heterocycles. The number of carbonyl (C=O) groups is 1. The highest BCUT2D eigenvalue weighted by molar-refractivity contribution is 5.84. The summed E-state index contributed by atoms with van der Waals surface area (Å²) in [4.78, 5) is 22.3. The van der Waals surface area contributed by atoms with E-state index in [-0.39, 0.29) is 12.2 Å². The van der Waals surface area contributed by atoms with Crippen LogP contribution in [0.25, 0.3) is 10.9 Å². The summed E-state index contributed by atoms with van der Waals surface area (Å²) < 4.78 is 16.7. The maximum Gasteiger partial charge on any atom is 0.410 e. The molecule has 1 aromatic heterocycles. The Kier molecular flexibility index (Phi) is 4.65. The summed E-state index contributed by atoms with van der Waals surface area (Å²) in [6.07, 6.45) is 1.77. The lowest BCUT2D eigenvalue weighted by Gasteiger charge is -2.24. The van der Waals surface area contributed by atoms with Crippen molar-refractivity contribution in [1.82, 2.24) is 14.9 Å². The molecule has 2 aromatic rings. The third kappa shape index (κ3) is 4.10. The van der Waals surface area contributed by atoms with Crippen LogP contribution in [0.15, 0.2) is 24.5 Å². The van der Waals surface area contributed by atoms with Crippen LogP contribution in [0.1, 0.15) is 27.2 Å². The van der Waals surface area contributed by atoms with Crippen LogP contribution in [0, 0.1) is 0 Å². The van der Waals surface area contributed by atoms with Crippen LogP contribution in [0.3, 0.4) is 0 Å². The van der Waals surface area contributed by atoms with Crippen molar-refractivity contribution in [2.75, 3.05) is 20.2 Å². The topological polar surface area (TPSA) is 73.8 Å². The Balaban J connectivity index is 1.71. The molecule has 7 heteroatoms. The first kappa shape index (κ1) is 17.3. The molecule has 1 amide bonds. The highest BCUT2D eigenvalue weighted by Crippen LogP contribution is 2.28. The summed E-state index contributed by atoms with van der Waals surface area (Å²) in [5, 5.41) is 0.789. The predicted molar refractivity (Wildman–Crippen MR) is 92.9 cm³/mol. The fourth-order valence-corrected chi connectivity index (χ4v) is 2.71. The van der Waals surface area contributed by atoms with Crippen LogP contribution < -0.4 is 9.47 Å². The third-order valence-corrected chi connectivity index (χ3v) is 3.88. The van der Waals surface area contributed by atoms with Crippen LogP contribution in [-0.2, 0) is 4.74 Å². The Hall–Kier alpha value is -2.57. The van der Waals surface area contributed by atoms with E-state index < -0.39 is 5.60 Å². The standard InChI is InChI=1S/C18H23N3O4/c1-18(2,3)25-17(22)21-8-7-13(10-21)24-16-14-9-12(23-4)5-6-15(14)19-11-20-16/h5-6,9,11,13H,7-8,10H2,1-4H3. The van der Waals surface area contributed by atoms with Gasteiger partial charge in [-0.15, -0.1) is 0 Å². The second kappa shape index (κ2) is 6.74. The molecule has 0 N–H and O–H groups in total. The van der Waals surface area contributed by atoms with E-state index in [1.165, 1.54) is 6.33 Å². The lowest BCUT2D eigenvalue weighted by Crippen LogP contribution is -2.36. The van der Waals surface area contributed by atoms with Crippen LogP contribution in [0.5, 0.6) is 11.6 Å². The largest absolute Gasteiger partial charge is 0.497 e. The monoisotopic (exact) mass is 345 g/mol. The van der Waals surface area contributed by atoms with Gasteiger partial charge < -0.3 is 19.1 Å². The number of amides is 1. The minimum Gasteiger partial charge on any atom is -0.497 e. The second-order valence-electron chi connectivity index (χ2n) is 7.02. The molecule has 1 atom stereocenters. The Morgan fingerprint density at radius 1 is 1.28 bits per heavy atom. The lowest BCUT2D eigenvalue weighted by molar-refractivity contribution is 0.0275. The van der Waals surface area contributed by atoms with Gasteiger partial charge in [0.15, 0.2) is 0 Å². The highest BCUT2D eigenvalue weighted by Gasteiger charge is 2.31. The molecule has 0 radical (unpaired) electrons. The van der Waals surface area contributed by atoms with Gasteiger partial charge in [0.2, 0.25) is 5.88 Å². The highest BCUT2D eigenvalue weighted by atomic mass is 16.6. The normalized spacial score (nSPS) is 17.6. The molecular weight excluding hydrogens is 322 g/mol. The van der Waals surface area contributed by atoms with E-state index in [1.807, 2.05) is 39.0 Å². The maximum absolute atomic E-state index is 12.2. The summed E-state index contributed by atoms with van der Waals surface area (Å²) in [5.41, 5.74) is 0.280. The zero-order valence-corrected chi connectivity index (χ0v) is 15.0. The number of aromatic nitrogens is 2. The van der Waals surface area contributed by atoms with Gasteiger partial charge in [-0.3, -0.25) is 0 Å². The molecule has 25 heavy (non-hydrogen) atoms. The number of methoxy groups -OCH3 is 1. The number of nitrogens with zero attached hydrogens (tertiary/aromatic N) is 3. The van der Waals surface area contributed by atoms with Crippen molar-refractivity contribution >= 4 is 17.0 Å². The summed E-state index contributed by atoms with van der Waals surface area (Å²) >= 11 is 0. The summed E-state index contributed by atoms with van der Waals surface area (Å²) in [5.74, 6) is 1.22. The van der Waals surface area contributed by atoms with Crippen LogP contribution in [0.4, 0.5) is 4.79 Å². The summed E-state index contributed by atoms with van der Waals surface area (Å²) in [6.45, 7) is 6.65. The van der Waals surface area contributed by atoms with Gasteiger partial charge in [-0.25, -0.2) is 14.8 Å². The van der Waals surface area contributed by atoms with Gasteiger partial charge in [-0.05, 0) is 39.0 Å². The summed E-state index contributed by atoms with van der Waals surface area (Å²) in [7, 11) is 1.61. The van der Waals surface area contributed by atoms with E-state index in [0.29, 0.717) is 24.7 Å². The van der Waals surface area contributed by atoms with E-state index >= 15 is 0 Å². The number of benzene rings is 1. The van der Waals surface area contributed by atoms with Gasteiger partial charge in [0.1, 0.15) is 23.8 Å². The van der Waals surface area contributed by atoms with Gasteiger partial charge in [0.05, 0.1) is 24.6 Å². The van der Waals surface area contributed by atoms with Gasteiger partial charge >= 0.3 is 6.09 Å². The van der Waals surface area contributed by atoms with Crippen LogP contribution in [0.2, 0.25) is 0 Å². The quantitative estimate of drug-likeness (QED) is 0.851. The number of carbonyl (C=O) groups excluding carboxylic acids is 1. The Morgan fingerprint density at radius 2 is 2.08 bits per heavy atom. The molecule has 0 spiro atoms. The Labute approximate surface area is 146 Å². The van der Waals surface area contributed by atoms with Crippen molar-refractivity contribution in [3.8, 4) is 11.6 Å². The van der Waals surface area contributed by atoms with Crippen LogP contribution >= 0.6 is 0 Å².